The van der Waals surface area contributed by atoms with E-state index in [0.29, 0.717) is 11.8 Å². The number of hydrogen-bond acceptors (Lipinski definition) is 2. The van der Waals surface area contributed by atoms with Gasteiger partial charge in [0.2, 0.25) is 0 Å². The number of hydrogen-bond donors (Lipinski definition) is 2. The first-order valence-corrected chi connectivity index (χ1v) is 8.77. The number of rotatable bonds is 3. The van der Waals surface area contributed by atoms with E-state index in [9.17, 15) is 0 Å². The molecule has 1 aromatic carbocycles. The highest BCUT2D eigenvalue weighted by Gasteiger charge is 2.43. The fourth-order valence-corrected chi connectivity index (χ4v) is 4.83. The summed E-state index contributed by atoms with van der Waals surface area (Å²) in [5, 5.41) is 0. The molecule has 2 nitrogen and oxygen atoms in total. The predicted molar refractivity (Wildman–Crippen MR) is 89.1 cm³/mol. The molecule has 0 saturated heterocycles. The van der Waals surface area contributed by atoms with E-state index < -0.39 is 0 Å². The van der Waals surface area contributed by atoms with E-state index in [1.807, 2.05) is 0 Å². The molecule has 2 aliphatic carbocycles. The van der Waals surface area contributed by atoms with Crippen molar-refractivity contribution in [2.24, 2.45) is 23.3 Å². The fraction of sp³-hybridized carbons (Fsp3) is 0.684. The highest BCUT2D eigenvalue weighted by Crippen LogP contribution is 2.46. The molecule has 0 aromatic heterocycles. The Morgan fingerprint density at radius 3 is 2.38 bits per heavy atom. The number of benzene rings is 1. The summed E-state index contributed by atoms with van der Waals surface area (Å²) in [5.74, 6) is 1.89. The molecule has 21 heavy (non-hydrogen) atoms. The molecule has 2 fully saturated rings. The molecule has 4 N–H and O–H groups in total. The summed E-state index contributed by atoms with van der Waals surface area (Å²) in [6.07, 6.45) is 10.3. The summed E-state index contributed by atoms with van der Waals surface area (Å²) in [4.78, 5) is 0. The Bertz CT molecular complexity index is 438. The van der Waals surface area contributed by atoms with Crippen molar-refractivity contribution >= 4 is 0 Å². The Hall–Kier alpha value is -0.860. The third kappa shape index (κ3) is 3.17. The zero-order valence-electron chi connectivity index (χ0n) is 13.1. The Balaban J connectivity index is 1.73. The minimum absolute atomic E-state index is 0.0513. The van der Waals surface area contributed by atoms with E-state index >= 15 is 0 Å². The van der Waals surface area contributed by atoms with Crippen LogP contribution in [0, 0.1) is 11.8 Å². The Labute approximate surface area is 129 Å². The van der Waals surface area contributed by atoms with Gasteiger partial charge in [-0.05, 0) is 62.0 Å². The zero-order chi connectivity index (χ0) is 14.7. The van der Waals surface area contributed by atoms with Gasteiger partial charge in [0.1, 0.15) is 0 Å². The third-order valence-corrected chi connectivity index (χ3v) is 6.08. The second-order valence-electron chi connectivity index (χ2n) is 7.32. The van der Waals surface area contributed by atoms with E-state index in [-0.39, 0.29) is 5.54 Å². The van der Waals surface area contributed by atoms with Crippen LogP contribution in [-0.4, -0.2) is 12.1 Å². The van der Waals surface area contributed by atoms with Crippen molar-refractivity contribution in [2.75, 3.05) is 6.54 Å². The van der Waals surface area contributed by atoms with Gasteiger partial charge in [-0.2, -0.15) is 0 Å². The molecular formula is C19H30N2. The molecule has 0 bridgehead atoms. The van der Waals surface area contributed by atoms with Gasteiger partial charge in [0.05, 0.1) is 0 Å². The highest BCUT2D eigenvalue weighted by molar-refractivity contribution is 5.22. The first-order valence-electron chi connectivity index (χ1n) is 8.77. The molecule has 0 aliphatic heterocycles. The molecule has 3 atom stereocenters. The highest BCUT2D eigenvalue weighted by atomic mass is 14.8. The standard InChI is InChI=1S/C19H30N2/c20-14-16-13-19(21,17-9-5-2-6-10-17)12-11-18(16)15-7-3-1-4-8-15/h1,3-4,7-8,16-18H,2,5-6,9-14,20-21H2. The van der Waals surface area contributed by atoms with Crippen LogP contribution in [0.5, 0.6) is 0 Å². The lowest BCUT2D eigenvalue weighted by Crippen LogP contribution is -2.53. The molecule has 0 radical (unpaired) electrons. The van der Waals surface area contributed by atoms with E-state index in [0.717, 1.165) is 18.9 Å². The van der Waals surface area contributed by atoms with Crippen LogP contribution in [0.1, 0.15) is 62.8 Å². The second-order valence-corrected chi connectivity index (χ2v) is 7.32. The van der Waals surface area contributed by atoms with Crippen molar-refractivity contribution in [3.63, 3.8) is 0 Å². The molecule has 116 valence electrons. The first-order chi connectivity index (χ1) is 10.2. The first kappa shape index (κ1) is 15.1. The summed E-state index contributed by atoms with van der Waals surface area (Å²) < 4.78 is 0. The van der Waals surface area contributed by atoms with Crippen molar-refractivity contribution < 1.29 is 0 Å². The fourth-order valence-electron chi connectivity index (χ4n) is 4.83. The van der Waals surface area contributed by atoms with Crippen molar-refractivity contribution in [3.05, 3.63) is 35.9 Å². The average molecular weight is 286 g/mol. The molecule has 0 heterocycles. The molecule has 3 unspecified atom stereocenters. The summed E-state index contributed by atoms with van der Waals surface area (Å²) in [6, 6.07) is 10.9. The minimum atomic E-state index is 0.0513. The van der Waals surface area contributed by atoms with Crippen molar-refractivity contribution in [2.45, 2.75) is 62.8 Å². The van der Waals surface area contributed by atoms with Gasteiger partial charge in [0.15, 0.2) is 0 Å². The third-order valence-electron chi connectivity index (χ3n) is 6.08. The van der Waals surface area contributed by atoms with Crippen molar-refractivity contribution in [3.8, 4) is 0 Å². The topological polar surface area (TPSA) is 52.0 Å². The SMILES string of the molecule is NCC1CC(N)(C2CCCCC2)CCC1c1ccccc1. The van der Waals surface area contributed by atoms with Crippen LogP contribution in [0.4, 0.5) is 0 Å². The van der Waals surface area contributed by atoms with Crippen LogP contribution in [0.25, 0.3) is 0 Å². The molecule has 2 aliphatic rings. The molecule has 2 saturated carbocycles. The maximum atomic E-state index is 6.88. The van der Waals surface area contributed by atoms with Gasteiger partial charge in [-0.1, -0.05) is 49.6 Å². The zero-order valence-corrected chi connectivity index (χ0v) is 13.1. The lowest BCUT2D eigenvalue weighted by molar-refractivity contribution is 0.111. The van der Waals surface area contributed by atoms with Crippen LogP contribution in [0.3, 0.4) is 0 Å². The molecule has 3 rings (SSSR count). The van der Waals surface area contributed by atoms with Crippen molar-refractivity contribution in [1.82, 2.24) is 0 Å². The smallest absolute Gasteiger partial charge is 0.0186 e. The maximum Gasteiger partial charge on any atom is 0.0186 e. The van der Waals surface area contributed by atoms with Gasteiger partial charge in [-0.15, -0.1) is 0 Å². The van der Waals surface area contributed by atoms with Crippen LogP contribution in [0.15, 0.2) is 30.3 Å². The Morgan fingerprint density at radius 2 is 1.71 bits per heavy atom. The van der Waals surface area contributed by atoms with Gasteiger partial charge in [-0.25, -0.2) is 0 Å². The number of nitrogens with two attached hydrogens (primary N) is 2. The van der Waals surface area contributed by atoms with Crippen LogP contribution < -0.4 is 11.5 Å². The van der Waals surface area contributed by atoms with Gasteiger partial charge in [-0.3, -0.25) is 0 Å². The molecular weight excluding hydrogens is 256 g/mol. The van der Waals surface area contributed by atoms with Gasteiger partial charge < -0.3 is 11.5 Å². The molecule has 2 heteroatoms. The molecule has 0 spiro atoms. The molecule has 1 aromatic rings. The van der Waals surface area contributed by atoms with Gasteiger partial charge in [0.25, 0.3) is 0 Å². The van der Waals surface area contributed by atoms with E-state index in [1.165, 1.54) is 50.5 Å². The predicted octanol–water partition coefficient (Wildman–Crippen LogP) is 3.81. The normalized spacial score (nSPS) is 34.8. The van der Waals surface area contributed by atoms with E-state index in [1.54, 1.807) is 0 Å². The Kier molecular flexibility index (Phi) is 4.66. The Morgan fingerprint density at radius 1 is 1.00 bits per heavy atom. The summed E-state index contributed by atoms with van der Waals surface area (Å²) in [7, 11) is 0. The minimum Gasteiger partial charge on any atom is -0.330 e. The van der Waals surface area contributed by atoms with Crippen LogP contribution in [-0.2, 0) is 0 Å². The van der Waals surface area contributed by atoms with Crippen LogP contribution >= 0.6 is 0 Å². The summed E-state index contributed by atoms with van der Waals surface area (Å²) in [6.45, 7) is 0.769. The summed E-state index contributed by atoms with van der Waals surface area (Å²) >= 11 is 0. The monoisotopic (exact) mass is 286 g/mol. The molecule has 0 amide bonds. The quantitative estimate of drug-likeness (QED) is 0.888. The van der Waals surface area contributed by atoms with E-state index in [4.69, 9.17) is 11.5 Å². The maximum absolute atomic E-state index is 6.88. The van der Waals surface area contributed by atoms with E-state index in [2.05, 4.69) is 30.3 Å². The average Bonchev–Trinajstić information content (AvgIpc) is 2.56. The van der Waals surface area contributed by atoms with Gasteiger partial charge >= 0.3 is 0 Å². The van der Waals surface area contributed by atoms with Gasteiger partial charge in [0, 0.05) is 5.54 Å². The largest absolute Gasteiger partial charge is 0.330 e. The van der Waals surface area contributed by atoms with Crippen molar-refractivity contribution in [1.29, 1.82) is 0 Å². The van der Waals surface area contributed by atoms with Crippen LogP contribution in [0.2, 0.25) is 0 Å². The second kappa shape index (κ2) is 6.50. The lowest BCUT2D eigenvalue weighted by Gasteiger charge is -2.48. The lowest BCUT2D eigenvalue weighted by atomic mass is 9.61. The summed E-state index contributed by atoms with van der Waals surface area (Å²) in [5.41, 5.74) is 14.5.